The van der Waals surface area contributed by atoms with E-state index in [4.69, 9.17) is 9.84 Å². The third-order valence-electron chi connectivity index (χ3n) is 3.01. The van der Waals surface area contributed by atoms with Crippen LogP contribution in [0, 0.1) is 5.82 Å². The SMILES string of the molecule is CC1CN(Cc2ccc(Br)cc2F)CC(CO)O1. The molecular weight excluding hydrogens is 301 g/mol. The Labute approximate surface area is 115 Å². The maximum Gasteiger partial charge on any atom is 0.128 e. The van der Waals surface area contributed by atoms with E-state index < -0.39 is 0 Å². The van der Waals surface area contributed by atoms with Gasteiger partial charge in [-0.3, -0.25) is 4.90 Å². The second-order valence-electron chi connectivity index (χ2n) is 4.68. The van der Waals surface area contributed by atoms with Gasteiger partial charge in [-0.15, -0.1) is 0 Å². The second kappa shape index (κ2) is 6.10. The van der Waals surface area contributed by atoms with Crippen molar-refractivity contribution in [1.29, 1.82) is 0 Å². The minimum atomic E-state index is -0.205. The number of morpholine rings is 1. The van der Waals surface area contributed by atoms with Crippen LogP contribution in [0.5, 0.6) is 0 Å². The zero-order valence-corrected chi connectivity index (χ0v) is 11.9. The molecular formula is C13H17BrFNO2. The van der Waals surface area contributed by atoms with Gasteiger partial charge in [-0.05, 0) is 19.1 Å². The lowest BCUT2D eigenvalue weighted by atomic mass is 10.1. The maximum atomic E-state index is 13.7. The predicted molar refractivity (Wildman–Crippen MR) is 70.8 cm³/mol. The van der Waals surface area contributed by atoms with Gasteiger partial charge in [-0.25, -0.2) is 4.39 Å². The molecule has 0 radical (unpaired) electrons. The Balaban J connectivity index is 2.04. The number of nitrogens with zero attached hydrogens (tertiary/aromatic N) is 1. The van der Waals surface area contributed by atoms with E-state index in [-0.39, 0.29) is 24.6 Å². The van der Waals surface area contributed by atoms with Crippen LogP contribution in [0.2, 0.25) is 0 Å². The topological polar surface area (TPSA) is 32.7 Å². The lowest BCUT2D eigenvalue weighted by Crippen LogP contribution is -2.47. The standard InChI is InChI=1S/C13H17BrFNO2/c1-9-5-16(7-12(8-17)18-9)6-10-2-3-11(14)4-13(10)15/h2-4,9,12,17H,5-8H2,1H3. The first kappa shape index (κ1) is 13.9. The zero-order valence-electron chi connectivity index (χ0n) is 10.3. The third kappa shape index (κ3) is 3.51. The Bertz CT molecular complexity index is 416. The second-order valence-corrected chi connectivity index (χ2v) is 5.60. The number of aliphatic hydroxyl groups is 1. The molecule has 1 saturated heterocycles. The van der Waals surface area contributed by atoms with E-state index in [1.807, 2.05) is 13.0 Å². The van der Waals surface area contributed by atoms with Gasteiger partial charge >= 0.3 is 0 Å². The molecule has 1 N–H and O–H groups in total. The molecule has 0 spiro atoms. The first-order valence-electron chi connectivity index (χ1n) is 6.01. The van der Waals surface area contributed by atoms with E-state index in [2.05, 4.69) is 20.8 Å². The highest BCUT2D eigenvalue weighted by Gasteiger charge is 2.25. The van der Waals surface area contributed by atoms with Crippen molar-refractivity contribution in [3.63, 3.8) is 0 Å². The van der Waals surface area contributed by atoms with Crippen molar-refractivity contribution < 1.29 is 14.2 Å². The average molecular weight is 318 g/mol. The Morgan fingerprint density at radius 2 is 2.28 bits per heavy atom. The number of halogens is 2. The zero-order chi connectivity index (χ0) is 13.1. The lowest BCUT2D eigenvalue weighted by Gasteiger charge is -2.36. The van der Waals surface area contributed by atoms with Gasteiger partial charge in [0.15, 0.2) is 0 Å². The summed E-state index contributed by atoms with van der Waals surface area (Å²) < 4.78 is 20.0. The summed E-state index contributed by atoms with van der Waals surface area (Å²) in [5.41, 5.74) is 0.670. The highest BCUT2D eigenvalue weighted by atomic mass is 79.9. The first-order valence-corrected chi connectivity index (χ1v) is 6.80. The number of benzene rings is 1. The van der Waals surface area contributed by atoms with E-state index in [0.29, 0.717) is 18.7 Å². The molecule has 0 saturated carbocycles. The fraction of sp³-hybridized carbons (Fsp3) is 0.538. The van der Waals surface area contributed by atoms with Crippen molar-refractivity contribution in [1.82, 2.24) is 4.90 Å². The van der Waals surface area contributed by atoms with Gasteiger partial charge in [-0.2, -0.15) is 0 Å². The normalized spacial score (nSPS) is 25.3. The van der Waals surface area contributed by atoms with Crippen molar-refractivity contribution in [2.45, 2.75) is 25.7 Å². The number of aliphatic hydroxyl groups excluding tert-OH is 1. The van der Waals surface area contributed by atoms with E-state index in [1.165, 1.54) is 6.07 Å². The van der Waals surface area contributed by atoms with Crippen LogP contribution < -0.4 is 0 Å². The molecule has 18 heavy (non-hydrogen) atoms. The Kier molecular flexibility index (Phi) is 4.72. The number of ether oxygens (including phenoxy) is 1. The number of hydrogen-bond donors (Lipinski definition) is 1. The summed E-state index contributed by atoms with van der Waals surface area (Å²) in [5, 5.41) is 9.15. The average Bonchev–Trinajstić information content (AvgIpc) is 2.32. The molecule has 1 aromatic rings. The molecule has 1 fully saturated rings. The largest absolute Gasteiger partial charge is 0.394 e. The molecule has 0 amide bonds. The maximum absolute atomic E-state index is 13.7. The lowest BCUT2D eigenvalue weighted by molar-refractivity contribution is -0.0974. The van der Waals surface area contributed by atoms with Gasteiger partial charge in [0, 0.05) is 29.7 Å². The quantitative estimate of drug-likeness (QED) is 0.927. The van der Waals surface area contributed by atoms with Crippen LogP contribution >= 0.6 is 15.9 Å². The fourth-order valence-electron chi connectivity index (χ4n) is 2.26. The van der Waals surface area contributed by atoms with Crippen LogP contribution in [0.4, 0.5) is 4.39 Å². The van der Waals surface area contributed by atoms with Crippen molar-refractivity contribution >= 4 is 15.9 Å². The molecule has 0 aromatic heterocycles. The molecule has 0 bridgehead atoms. The van der Waals surface area contributed by atoms with Crippen molar-refractivity contribution in [3.05, 3.63) is 34.1 Å². The Hall–Kier alpha value is -0.490. The van der Waals surface area contributed by atoms with Crippen molar-refractivity contribution in [3.8, 4) is 0 Å². The molecule has 1 heterocycles. The minimum absolute atomic E-state index is 0.00363. The molecule has 5 heteroatoms. The molecule has 1 aliphatic rings. The van der Waals surface area contributed by atoms with E-state index in [0.717, 1.165) is 11.0 Å². The van der Waals surface area contributed by atoms with Gasteiger partial charge < -0.3 is 9.84 Å². The van der Waals surface area contributed by atoms with Crippen LogP contribution in [-0.2, 0) is 11.3 Å². The van der Waals surface area contributed by atoms with E-state index in [9.17, 15) is 4.39 Å². The number of hydrogen-bond acceptors (Lipinski definition) is 3. The third-order valence-corrected chi connectivity index (χ3v) is 3.51. The van der Waals surface area contributed by atoms with Crippen LogP contribution in [0.25, 0.3) is 0 Å². The summed E-state index contributed by atoms with van der Waals surface area (Å²) in [6.07, 6.45) is -0.110. The smallest absolute Gasteiger partial charge is 0.128 e. The summed E-state index contributed by atoms with van der Waals surface area (Å²) in [5.74, 6) is -0.205. The summed E-state index contributed by atoms with van der Waals surface area (Å²) in [6.45, 7) is 3.90. The van der Waals surface area contributed by atoms with Crippen LogP contribution in [0.3, 0.4) is 0 Å². The highest BCUT2D eigenvalue weighted by Crippen LogP contribution is 2.19. The van der Waals surface area contributed by atoms with Gasteiger partial charge in [0.1, 0.15) is 5.82 Å². The molecule has 1 aliphatic heterocycles. The first-order chi connectivity index (χ1) is 8.58. The molecule has 2 rings (SSSR count). The van der Waals surface area contributed by atoms with Crippen LogP contribution in [-0.4, -0.2) is 41.9 Å². The van der Waals surface area contributed by atoms with E-state index in [1.54, 1.807) is 6.07 Å². The molecule has 2 atom stereocenters. The van der Waals surface area contributed by atoms with Gasteiger partial charge in [0.25, 0.3) is 0 Å². The monoisotopic (exact) mass is 317 g/mol. The van der Waals surface area contributed by atoms with Crippen LogP contribution in [0.15, 0.2) is 22.7 Å². The van der Waals surface area contributed by atoms with Crippen molar-refractivity contribution in [2.24, 2.45) is 0 Å². The number of rotatable bonds is 3. The summed E-state index contributed by atoms with van der Waals surface area (Å²) in [4.78, 5) is 2.11. The summed E-state index contributed by atoms with van der Waals surface area (Å²) >= 11 is 3.25. The Morgan fingerprint density at radius 1 is 1.50 bits per heavy atom. The van der Waals surface area contributed by atoms with Gasteiger partial charge in [0.2, 0.25) is 0 Å². The molecule has 1 aromatic carbocycles. The molecule has 2 unspecified atom stereocenters. The van der Waals surface area contributed by atoms with Gasteiger partial charge in [-0.1, -0.05) is 22.0 Å². The Morgan fingerprint density at radius 3 is 2.94 bits per heavy atom. The van der Waals surface area contributed by atoms with E-state index >= 15 is 0 Å². The predicted octanol–water partition coefficient (Wildman–Crippen LogP) is 2.17. The molecule has 0 aliphatic carbocycles. The summed E-state index contributed by atoms with van der Waals surface area (Å²) in [7, 11) is 0. The molecule has 3 nitrogen and oxygen atoms in total. The highest BCUT2D eigenvalue weighted by molar-refractivity contribution is 9.10. The van der Waals surface area contributed by atoms with Crippen LogP contribution in [0.1, 0.15) is 12.5 Å². The minimum Gasteiger partial charge on any atom is -0.394 e. The molecule has 100 valence electrons. The summed E-state index contributed by atoms with van der Waals surface area (Å²) in [6, 6.07) is 5.10. The van der Waals surface area contributed by atoms with Gasteiger partial charge in [0.05, 0.1) is 18.8 Å². The van der Waals surface area contributed by atoms with Crippen molar-refractivity contribution in [2.75, 3.05) is 19.7 Å². The fourth-order valence-corrected chi connectivity index (χ4v) is 2.59.